The van der Waals surface area contributed by atoms with Gasteiger partial charge < -0.3 is 9.47 Å². The Morgan fingerprint density at radius 3 is 2.68 bits per heavy atom. The van der Waals surface area contributed by atoms with E-state index in [1.54, 1.807) is 0 Å². The van der Waals surface area contributed by atoms with Crippen LogP contribution >= 0.6 is 11.8 Å². The minimum absolute atomic E-state index is 0.0429. The first-order valence-electron chi connectivity index (χ1n) is 8.53. The number of aromatic nitrogens is 2. The van der Waals surface area contributed by atoms with Gasteiger partial charge in [0.1, 0.15) is 6.04 Å². The Morgan fingerprint density at radius 1 is 0.960 bits per heavy atom. The third kappa shape index (κ3) is 2.46. The first-order valence-corrected chi connectivity index (χ1v) is 9.51. The molecular formula is C20H18N4S. The predicted octanol–water partition coefficient (Wildman–Crippen LogP) is 4.07. The van der Waals surface area contributed by atoms with Crippen LogP contribution in [0.25, 0.3) is 5.69 Å². The number of nitrogens with zero attached hydrogens (tertiary/aromatic N) is 4. The van der Waals surface area contributed by atoms with Gasteiger partial charge in [0.2, 0.25) is 0 Å². The van der Waals surface area contributed by atoms with E-state index in [1.807, 2.05) is 30.1 Å². The Labute approximate surface area is 151 Å². The third-order valence-electron chi connectivity index (χ3n) is 4.80. The van der Waals surface area contributed by atoms with Gasteiger partial charge in [-0.1, -0.05) is 36.0 Å². The van der Waals surface area contributed by atoms with E-state index in [2.05, 4.69) is 69.2 Å². The van der Waals surface area contributed by atoms with Crippen LogP contribution in [0.5, 0.6) is 0 Å². The van der Waals surface area contributed by atoms with E-state index in [9.17, 15) is 0 Å². The van der Waals surface area contributed by atoms with Gasteiger partial charge in [0.05, 0.1) is 11.7 Å². The molecule has 2 aliphatic heterocycles. The molecule has 3 aromatic rings. The first kappa shape index (κ1) is 14.8. The van der Waals surface area contributed by atoms with Gasteiger partial charge in [-0.05, 0) is 36.4 Å². The van der Waals surface area contributed by atoms with Crippen LogP contribution < -0.4 is 0 Å². The van der Waals surface area contributed by atoms with Gasteiger partial charge in [0, 0.05) is 36.1 Å². The summed E-state index contributed by atoms with van der Waals surface area (Å²) < 4.78 is 2.28. The zero-order valence-electron chi connectivity index (χ0n) is 13.7. The van der Waals surface area contributed by atoms with E-state index < -0.39 is 0 Å². The summed E-state index contributed by atoms with van der Waals surface area (Å²) in [6.45, 7) is 1.04. The maximum Gasteiger partial charge on any atom is 0.160 e. The SMILES string of the molecule is c1ccc(-n2cccc2[C@@H]2[C@H](c3ccccn3)N=C3SCCN32)cc1. The van der Waals surface area contributed by atoms with Crippen molar-refractivity contribution in [1.82, 2.24) is 14.5 Å². The highest BCUT2D eigenvalue weighted by molar-refractivity contribution is 8.14. The van der Waals surface area contributed by atoms with Crippen molar-refractivity contribution in [3.8, 4) is 5.69 Å². The number of para-hydroxylation sites is 1. The Hall–Kier alpha value is -2.53. The lowest BCUT2D eigenvalue weighted by molar-refractivity contribution is 0.322. The molecule has 5 rings (SSSR count). The highest BCUT2D eigenvalue weighted by Gasteiger charge is 2.42. The number of rotatable bonds is 3. The molecule has 0 N–H and O–H groups in total. The number of amidine groups is 1. The summed E-state index contributed by atoms with van der Waals surface area (Å²) in [6, 6.07) is 21.2. The number of hydrogen-bond acceptors (Lipinski definition) is 4. The summed E-state index contributed by atoms with van der Waals surface area (Å²) in [5.74, 6) is 1.11. The summed E-state index contributed by atoms with van der Waals surface area (Å²) in [4.78, 5) is 12.1. The first-order chi connectivity index (χ1) is 12.4. The standard InChI is InChI=1S/C20H18N4S/c1-2-7-15(8-3-1)23-12-6-10-17(23)19-18(16-9-4-5-11-21-16)22-20-24(19)13-14-25-20/h1-12,18-19H,13-14H2/t18-,19+/m0/s1. The number of hydrogen-bond donors (Lipinski definition) is 0. The number of thioether (sulfide) groups is 1. The molecule has 0 bridgehead atoms. The maximum absolute atomic E-state index is 5.02. The van der Waals surface area contributed by atoms with Crippen LogP contribution in [-0.2, 0) is 0 Å². The van der Waals surface area contributed by atoms with Crippen LogP contribution in [-0.4, -0.2) is 31.9 Å². The molecule has 4 nitrogen and oxygen atoms in total. The molecule has 0 amide bonds. The summed E-state index contributed by atoms with van der Waals surface area (Å²) in [5, 5.41) is 1.15. The molecule has 2 aromatic heterocycles. The molecule has 1 aromatic carbocycles. The number of benzene rings is 1. The number of pyridine rings is 1. The summed E-state index contributed by atoms with van der Waals surface area (Å²) in [5.41, 5.74) is 3.49. The van der Waals surface area contributed by atoms with Crippen LogP contribution in [0.3, 0.4) is 0 Å². The lowest BCUT2D eigenvalue weighted by Crippen LogP contribution is -2.28. The molecule has 5 heteroatoms. The van der Waals surface area contributed by atoms with Crippen molar-refractivity contribution >= 4 is 16.9 Å². The quantitative estimate of drug-likeness (QED) is 0.717. The largest absolute Gasteiger partial charge is 0.339 e. The van der Waals surface area contributed by atoms with Crippen LogP contribution in [0.4, 0.5) is 0 Å². The molecule has 0 saturated carbocycles. The fraction of sp³-hybridized carbons (Fsp3) is 0.200. The fourth-order valence-electron chi connectivity index (χ4n) is 3.70. The molecule has 124 valence electrons. The Kier molecular flexibility index (Phi) is 3.59. The van der Waals surface area contributed by atoms with Gasteiger partial charge in [-0.2, -0.15) is 0 Å². The van der Waals surface area contributed by atoms with Gasteiger partial charge in [0.15, 0.2) is 5.17 Å². The van der Waals surface area contributed by atoms with E-state index in [0.717, 1.165) is 23.2 Å². The third-order valence-corrected chi connectivity index (χ3v) is 5.79. The van der Waals surface area contributed by atoms with Gasteiger partial charge in [0.25, 0.3) is 0 Å². The van der Waals surface area contributed by atoms with Crippen LogP contribution in [0.15, 0.2) is 78.0 Å². The molecule has 2 aliphatic rings. The minimum Gasteiger partial charge on any atom is -0.339 e. The predicted molar refractivity (Wildman–Crippen MR) is 102 cm³/mol. The topological polar surface area (TPSA) is 33.4 Å². The molecule has 0 unspecified atom stereocenters. The smallest absolute Gasteiger partial charge is 0.160 e. The van der Waals surface area contributed by atoms with Gasteiger partial charge >= 0.3 is 0 Å². The van der Waals surface area contributed by atoms with Crippen molar-refractivity contribution in [3.63, 3.8) is 0 Å². The number of fused-ring (bicyclic) bond motifs is 1. The van der Waals surface area contributed by atoms with Crippen LogP contribution in [0, 0.1) is 0 Å². The van der Waals surface area contributed by atoms with Crippen molar-refractivity contribution in [2.45, 2.75) is 12.1 Å². The Balaban J connectivity index is 1.62. The lowest BCUT2D eigenvalue weighted by Gasteiger charge is -2.27. The molecule has 0 spiro atoms. The molecule has 0 radical (unpaired) electrons. The second kappa shape index (κ2) is 6.08. The van der Waals surface area contributed by atoms with Crippen molar-refractivity contribution in [1.29, 1.82) is 0 Å². The van der Waals surface area contributed by atoms with E-state index in [0.29, 0.717) is 0 Å². The van der Waals surface area contributed by atoms with Crippen LogP contribution in [0.2, 0.25) is 0 Å². The molecule has 25 heavy (non-hydrogen) atoms. The highest BCUT2D eigenvalue weighted by atomic mass is 32.2. The van der Waals surface area contributed by atoms with Crippen molar-refractivity contribution < 1.29 is 0 Å². The molecule has 1 fully saturated rings. The highest BCUT2D eigenvalue weighted by Crippen LogP contribution is 2.46. The van der Waals surface area contributed by atoms with E-state index in [-0.39, 0.29) is 12.1 Å². The summed E-state index contributed by atoms with van der Waals surface area (Å²) in [7, 11) is 0. The summed E-state index contributed by atoms with van der Waals surface area (Å²) in [6.07, 6.45) is 4.00. The van der Waals surface area contributed by atoms with Crippen LogP contribution in [0.1, 0.15) is 23.5 Å². The van der Waals surface area contributed by atoms with Crippen molar-refractivity contribution in [3.05, 3.63) is 84.4 Å². The lowest BCUT2D eigenvalue weighted by atomic mass is 10.0. The van der Waals surface area contributed by atoms with Gasteiger partial charge in [-0.3, -0.25) is 9.98 Å². The van der Waals surface area contributed by atoms with Gasteiger partial charge in [-0.25, -0.2) is 0 Å². The Morgan fingerprint density at radius 2 is 1.84 bits per heavy atom. The average molecular weight is 346 g/mol. The zero-order valence-corrected chi connectivity index (χ0v) is 14.5. The van der Waals surface area contributed by atoms with E-state index in [4.69, 9.17) is 4.99 Å². The Bertz CT molecular complexity index is 904. The fourth-order valence-corrected chi connectivity index (χ4v) is 4.73. The van der Waals surface area contributed by atoms with Gasteiger partial charge in [-0.15, -0.1) is 0 Å². The summed E-state index contributed by atoms with van der Waals surface area (Å²) >= 11 is 1.85. The average Bonchev–Trinajstić information content (AvgIpc) is 3.38. The second-order valence-corrected chi connectivity index (χ2v) is 7.30. The van der Waals surface area contributed by atoms with E-state index in [1.165, 1.54) is 11.4 Å². The molecular weight excluding hydrogens is 328 g/mol. The van der Waals surface area contributed by atoms with Crippen molar-refractivity contribution in [2.24, 2.45) is 4.99 Å². The molecule has 4 heterocycles. The monoisotopic (exact) mass is 346 g/mol. The zero-order chi connectivity index (χ0) is 16.6. The normalized spacial score (nSPS) is 22.1. The number of aliphatic imine (C=N–C) groups is 1. The molecule has 0 aliphatic carbocycles. The second-order valence-electron chi connectivity index (χ2n) is 6.24. The maximum atomic E-state index is 5.02. The van der Waals surface area contributed by atoms with Crippen molar-refractivity contribution in [2.75, 3.05) is 12.3 Å². The van der Waals surface area contributed by atoms with E-state index >= 15 is 0 Å². The minimum atomic E-state index is 0.0429. The molecule has 1 saturated heterocycles. The molecule has 2 atom stereocenters.